The van der Waals surface area contributed by atoms with Gasteiger partial charge in [0.15, 0.2) is 4.77 Å². The summed E-state index contributed by atoms with van der Waals surface area (Å²) in [7, 11) is 0. The topological polar surface area (TPSA) is 29.9 Å². The van der Waals surface area contributed by atoms with Crippen LogP contribution in [0.3, 0.4) is 0 Å². The number of benzene rings is 1. The van der Waals surface area contributed by atoms with Gasteiger partial charge < -0.3 is 14.3 Å². The maximum absolute atomic E-state index is 5.71. The van der Waals surface area contributed by atoms with Crippen LogP contribution < -0.4 is 4.74 Å². The molecule has 20 heavy (non-hydrogen) atoms. The van der Waals surface area contributed by atoms with E-state index in [1.54, 1.807) is 0 Å². The molecular formula is C16H22N2OS. The lowest BCUT2D eigenvalue weighted by Gasteiger charge is -2.28. The molecule has 0 spiro atoms. The van der Waals surface area contributed by atoms with Gasteiger partial charge >= 0.3 is 0 Å². The van der Waals surface area contributed by atoms with Crippen molar-refractivity contribution in [1.82, 2.24) is 9.55 Å². The SMILES string of the molecule is CCOc1cccc2c1[nH]c(=S)n2C1CCCC1(C)C. The molecular weight excluding hydrogens is 268 g/mol. The number of aromatic amines is 1. The minimum atomic E-state index is 0.301. The molecule has 1 N–H and O–H groups in total. The van der Waals surface area contributed by atoms with Crippen molar-refractivity contribution in [3.63, 3.8) is 0 Å². The van der Waals surface area contributed by atoms with E-state index in [9.17, 15) is 0 Å². The number of nitrogens with one attached hydrogen (secondary N) is 1. The number of imidazole rings is 1. The molecule has 3 rings (SSSR count). The zero-order valence-corrected chi connectivity index (χ0v) is 13.2. The van der Waals surface area contributed by atoms with E-state index in [0.29, 0.717) is 18.1 Å². The molecule has 1 atom stereocenters. The van der Waals surface area contributed by atoms with E-state index in [-0.39, 0.29) is 0 Å². The number of H-pyrrole nitrogens is 1. The van der Waals surface area contributed by atoms with Crippen LogP contribution in [0, 0.1) is 10.2 Å². The molecule has 3 nitrogen and oxygen atoms in total. The Bertz CT molecular complexity index is 683. The van der Waals surface area contributed by atoms with Gasteiger partial charge in [-0.3, -0.25) is 0 Å². The number of ether oxygens (including phenoxy) is 1. The van der Waals surface area contributed by atoms with Gasteiger partial charge in [-0.15, -0.1) is 0 Å². The number of hydrogen-bond donors (Lipinski definition) is 1. The van der Waals surface area contributed by atoms with Crippen molar-refractivity contribution < 1.29 is 4.74 Å². The predicted molar refractivity (Wildman–Crippen MR) is 85.0 cm³/mol. The Morgan fingerprint density at radius 1 is 1.45 bits per heavy atom. The Kier molecular flexibility index (Phi) is 3.36. The zero-order chi connectivity index (χ0) is 14.3. The maximum atomic E-state index is 5.71. The zero-order valence-electron chi connectivity index (χ0n) is 12.4. The summed E-state index contributed by atoms with van der Waals surface area (Å²) in [6.45, 7) is 7.36. The smallest absolute Gasteiger partial charge is 0.178 e. The van der Waals surface area contributed by atoms with Crippen LogP contribution in [-0.2, 0) is 0 Å². The second-order valence-corrected chi connectivity index (χ2v) is 6.67. The van der Waals surface area contributed by atoms with Crippen LogP contribution in [0.2, 0.25) is 0 Å². The highest BCUT2D eigenvalue weighted by atomic mass is 32.1. The van der Waals surface area contributed by atoms with Crippen LogP contribution in [0.5, 0.6) is 5.75 Å². The molecule has 1 aliphatic carbocycles. The summed E-state index contributed by atoms with van der Waals surface area (Å²) in [4.78, 5) is 3.35. The molecule has 1 unspecified atom stereocenters. The normalized spacial score (nSPS) is 21.4. The first-order valence-corrected chi connectivity index (χ1v) is 7.81. The van der Waals surface area contributed by atoms with Gasteiger partial charge in [-0.2, -0.15) is 0 Å². The summed E-state index contributed by atoms with van der Waals surface area (Å²) >= 11 is 5.59. The summed E-state index contributed by atoms with van der Waals surface area (Å²) in [5.41, 5.74) is 2.50. The third-order valence-corrected chi connectivity index (χ3v) is 4.83. The molecule has 0 radical (unpaired) electrons. The van der Waals surface area contributed by atoms with Crippen LogP contribution in [0.1, 0.15) is 46.1 Å². The minimum absolute atomic E-state index is 0.301. The third-order valence-electron chi connectivity index (χ3n) is 4.53. The van der Waals surface area contributed by atoms with E-state index in [1.807, 2.05) is 19.1 Å². The lowest BCUT2D eigenvalue weighted by Crippen LogP contribution is -2.21. The van der Waals surface area contributed by atoms with E-state index in [0.717, 1.165) is 16.0 Å². The van der Waals surface area contributed by atoms with Crippen molar-refractivity contribution in [3.05, 3.63) is 23.0 Å². The number of fused-ring (bicyclic) bond motifs is 1. The molecule has 1 aromatic carbocycles. The van der Waals surface area contributed by atoms with Crippen LogP contribution in [0.25, 0.3) is 11.0 Å². The highest BCUT2D eigenvalue weighted by Crippen LogP contribution is 2.47. The fourth-order valence-corrected chi connectivity index (χ4v) is 3.82. The highest BCUT2D eigenvalue weighted by molar-refractivity contribution is 7.71. The molecule has 0 saturated heterocycles. The van der Waals surface area contributed by atoms with Crippen molar-refractivity contribution in [2.45, 2.75) is 46.1 Å². The summed E-state index contributed by atoms with van der Waals surface area (Å²) < 4.78 is 8.83. The summed E-state index contributed by atoms with van der Waals surface area (Å²) in [5.74, 6) is 0.894. The van der Waals surface area contributed by atoms with E-state index in [2.05, 4.69) is 29.5 Å². The number of aromatic nitrogens is 2. The highest BCUT2D eigenvalue weighted by Gasteiger charge is 2.36. The Labute approximate surface area is 125 Å². The predicted octanol–water partition coefficient (Wildman–Crippen LogP) is 4.85. The van der Waals surface area contributed by atoms with E-state index >= 15 is 0 Å². The van der Waals surface area contributed by atoms with E-state index < -0.39 is 0 Å². The molecule has 108 valence electrons. The van der Waals surface area contributed by atoms with Gasteiger partial charge in [0, 0.05) is 6.04 Å². The fourth-order valence-electron chi connectivity index (χ4n) is 3.49. The largest absolute Gasteiger partial charge is 0.492 e. The molecule has 0 aliphatic heterocycles. The molecule has 1 fully saturated rings. The first kappa shape index (κ1) is 13.7. The van der Waals surface area contributed by atoms with Crippen LogP contribution >= 0.6 is 12.2 Å². The second-order valence-electron chi connectivity index (χ2n) is 6.28. The lowest BCUT2D eigenvalue weighted by atomic mass is 9.87. The van der Waals surface area contributed by atoms with Gasteiger partial charge in [0.1, 0.15) is 11.3 Å². The Morgan fingerprint density at radius 2 is 2.25 bits per heavy atom. The number of para-hydroxylation sites is 1. The van der Waals surface area contributed by atoms with Crippen LogP contribution in [0.15, 0.2) is 18.2 Å². The number of rotatable bonds is 3. The third kappa shape index (κ3) is 2.06. The van der Waals surface area contributed by atoms with Gasteiger partial charge in [0.25, 0.3) is 0 Å². The van der Waals surface area contributed by atoms with Crippen molar-refractivity contribution in [2.24, 2.45) is 5.41 Å². The van der Waals surface area contributed by atoms with Crippen LogP contribution in [0.4, 0.5) is 0 Å². The standard InChI is InChI=1S/C16H22N2OS/c1-4-19-12-8-5-7-11-14(12)17-15(20)18(11)13-9-6-10-16(13,2)3/h5,7-8,13H,4,6,9-10H2,1-3H3,(H,17,20). The van der Waals surface area contributed by atoms with Crippen molar-refractivity contribution in [3.8, 4) is 5.75 Å². The van der Waals surface area contributed by atoms with Gasteiger partial charge in [-0.05, 0) is 49.5 Å². The molecule has 1 aliphatic rings. The minimum Gasteiger partial charge on any atom is -0.492 e. The van der Waals surface area contributed by atoms with Gasteiger partial charge in [-0.25, -0.2) is 0 Å². The van der Waals surface area contributed by atoms with Crippen molar-refractivity contribution >= 4 is 23.3 Å². The maximum Gasteiger partial charge on any atom is 0.178 e. The Hall–Kier alpha value is -1.29. The monoisotopic (exact) mass is 290 g/mol. The molecule has 1 aromatic heterocycles. The molecule has 1 heterocycles. The Morgan fingerprint density at radius 3 is 2.90 bits per heavy atom. The molecule has 0 bridgehead atoms. The van der Waals surface area contributed by atoms with Gasteiger partial charge in [0.05, 0.1) is 12.1 Å². The van der Waals surface area contributed by atoms with E-state index in [1.165, 1.54) is 24.8 Å². The van der Waals surface area contributed by atoms with Crippen molar-refractivity contribution in [1.29, 1.82) is 0 Å². The average molecular weight is 290 g/mol. The number of hydrogen-bond acceptors (Lipinski definition) is 2. The van der Waals surface area contributed by atoms with Gasteiger partial charge in [0.2, 0.25) is 0 Å². The average Bonchev–Trinajstić information content (AvgIpc) is 2.89. The second kappa shape index (κ2) is 4.92. The van der Waals surface area contributed by atoms with Crippen LogP contribution in [-0.4, -0.2) is 16.2 Å². The Balaban J connectivity index is 2.19. The van der Waals surface area contributed by atoms with E-state index in [4.69, 9.17) is 17.0 Å². The lowest BCUT2D eigenvalue weighted by molar-refractivity contribution is 0.264. The number of nitrogens with zero attached hydrogens (tertiary/aromatic N) is 1. The molecule has 1 saturated carbocycles. The summed E-state index contributed by atoms with van der Waals surface area (Å²) in [6, 6.07) is 6.66. The summed E-state index contributed by atoms with van der Waals surface area (Å²) in [5, 5.41) is 0. The first-order valence-electron chi connectivity index (χ1n) is 7.40. The summed E-state index contributed by atoms with van der Waals surface area (Å²) in [6.07, 6.45) is 3.74. The molecule has 0 amide bonds. The van der Waals surface area contributed by atoms with Gasteiger partial charge in [-0.1, -0.05) is 26.3 Å². The van der Waals surface area contributed by atoms with Crippen molar-refractivity contribution in [2.75, 3.05) is 6.61 Å². The quantitative estimate of drug-likeness (QED) is 0.819. The first-order chi connectivity index (χ1) is 9.54. The fraction of sp³-hybridized carbons (Fsp3) is 0.562. The molecule has 4 heteroatoms. The molecule has 2 aromatic rings.